The van der Waals surface area contributed by atoms with Crippen LogP contribution in [0.5, 0.6) is 0 Å². The molecule has 0 bridgehead atoms. The van der Waals surface area contributed by atoms with Crippen molar-refractivity contribution in [3.05, 3.63) is 106 Å². The van der Waals surface area contributed by atoms with Crippen molar-refractivity contribution in [3.63, 3.8) is 0 Å². The number of amides is 2. The fraction of sp³-hybridized carbons (Fsp3) is 0.111. The number of hydrogen-bond donors (Lipinski definition) is 1. The topological polar surface area (TPSA) is 49.4 Å². The lowest BCUT2D eigenvalue weighted by molar-refractivity contribution is -0.115. The molecule has 1 aromatic heterocycles. The van der Waals surface area contributed by atoms with Gasteiger partial charge in [-0.25, -0.2) is 0 Å². The van der Waals surface area contributed by atoms with E-state index in [9.17, 15) is 9.59 Å². The highest BCUT2D eigenvalue weighted by atomic mass is 32.1. The van der Waals surface area contributed by atoms with Crippen LogP contribution in [0.1, 0.15) is 26.4 Å². The molecule has 3 aromatic carbocycles. The van der Waals surface area contributed by atoms with Gasteiger partial charge in [0.05, 0.1) is 18.7 Å². The molecular weight excluding hydrogens is 416 g/mol. The summed E-state index contributed by atoms with van der Waals surface area (Å²) in [7, 11) is 0. The van der Waals surface area contributed by atoms with Crippen LogP contribution in [0.4, 0.5) is 11.4 Å². The Bertz CT molecular complexity index is 1310. The Balaban J connectivity index is 1.34. The second-order valence-electron chi connectivity index (χ2n) is 7.89. The molecule has 0 fully saturated rings. The molecule has 2 amide bonds. The third-order valence-corrected chi connectivity index (χ3v) is 6.80. The molecule has 0 aliphatic carbocycles. The first-order valence-corrected chi connectivity index (χ1v) is 11.4. The molecule has 0 atom stereocenters. The highest BCUT2D eigenvalue weighted by Gasteiger charge is 2.26. The van der Waals surface area contributed by atoms with Crippen molar-refractivity contribution in [2.24, 2.45) is 0 Å². The van der Waals surface area contributed by atoms with Gasteiger partial charge in [0.2, 0.25) is 5.91 Å². The molecule has 1 aliphatic rings. The van der Waals surface area contributed by atoms with E-state index < -0.39 is 0 Å². The average Bonchev–Trinajstić information content (AvgIpc) is 3.22. The molecule has 0 spiro atoms. The van der Waals surface area contributed by atoms with Crippen LogP contribution in [0.15, 0.2) is 84.2 Å². The number of anilines is 2. The molecule has 1 N–H and O–H groups in total. The van der Waals surface area contributed by atoms with E-state index in [-0.39, 0.29) is 11.8 Å². The van der Waals surface area contributed by atoms with Gasteiger partial charge in [0.25, 0.3) is 5.91 Å². The fourth-order valence-electron chi connectivity index (χ4n) is 4.08. The molecule has 0 saturated carbocycles. The molecule has 5 heteroatoms. The lowest BCUT2D eigenvalue weighted by atomic mass is 9.93. The molecule has 4 nitrogen and oxygen atoms in total. The van der Waals surface area contributed by atoms with Crippen LogP contribution in [0, 0.1) is 6.92 Å². The minimum Gasteiger partial charge on any atom is -0.326 e. The van der Waals surface area contributed by atoms with E-state index in [0.29, 0.717) is 24.2 Å². The molecule has 2 heterocycles. The Morgan fingerprint density at radius 2 is 1.62 bits per heavy atom. The number of aryl methyl sites for hydroxylation is 1. The Morgan fingerprint density at radius 1 is 0.906 bits per heavy atom. The second kappa shape index (κ2) is 8.44. The molecule has 1 aliphatic heterocycles. The largest absolute Gasteiger partial charge is 0.326 e. The Hall–Kier alpha value is -3.70. The fourth-order valence-corrected chi connectivity index (χ4v) is 4.99. The second-order valence-corrected chi connectivity index (χ2v) is 8.90. The van der Waals surface area contributed by atoms with Crippen molar-refractivity contribution in [3.8, 4) is 11.1 Å². The number of carbonyl (C=O) groups excluding carboxylic acids is 2. The molecule has 32 heavy (non-hydrogen) atoms. The van der Waals surface area contributed by atoms with Gasteiger partial charge >= 0.3 is 0 Å². The predicted molar refractivity (Wildman–Crippen MR) is 130 cm³/mol. The van der Waals surface area contributed by atoms with Crippen LogP contribution in [-0.4, -0.2) is 11.8 Å². The van der Waals surface area contributed by atoms with Crippen LogP contribution in [-0.2, 0) is 17.8 Å². The van der Waals surface area contributed by atoms with Gasteiger partial charge in [-0.3, -0.25) is 9.59 Å². The summed E-state index contributed by atoms with van der Waals surface area (Å²) < 4.78 is 0. The average molecular weight is 439 g/mol. The zero-order valence-electron chi connectivity index (χ0n) is 17.7. The minimum absolute atomic E-state index is 0.0564. The summed E-state index contributed by atoms with van der Waals surface area (Å²) in [4.78, 5) is 28.7. The summed E-state index contributed by atoms with van der Waals surface area (Å²) in [6.07, 6.45) is 0.355. The predicted octanol–water partition coefficient (Wildman–Crippen LogP) is 6.07. The number of fused-ring (bicyclic) bond motifs is 3. The zero-order valence-corrected chi connectivity index (χ0v) is 18.5. The van der Waals surface area contributed by atoms with Crippen LogP contribution in [0.25, 0.3) is 11.1 Å². The molecule has 5 rings (SSSR count). The lowest BCUT2D eigenvalue weighted by Gasteiger charge is -2.31. The van der Waals surface area contributed by atoms with E-state index in [4.69, 9.17) is 0 Å². The molecule has 158 valence electrons. The summed E-state index contributed by atoms with van der Waals surface area (Å²) in [6, 6.07) is 25.4. The van der Waals surface area contributed by atoms with Gasteiger partial charge in [0.15, 0.2) is 0 Å². The van der Waals surface area contributed by atoms with Gasteiger partial charge in [0, 0.05) is 21.7 Å². The van der Waals surface area contributed by atoms with Crippen molar-refractivity contribution in [2.75, 3.05) is 10.2 Å². The summed E-state index contributed by atoms with van der Waals surface area (Å²) in [5.74, 6) is -0.116. The number of nitrogens with one attached hydrogen (secondary N) is 1. The zero-order chi connectivity index (χ0) is 22.1. The quantitative estimate of drug-likeness (QED) is 0.421. The van der Waals surface area contributed by atoms with Gasteiger partial charge < -0.3 is 10.2 Å². The summed E-state index contributed by atoms with van der Waals surface area (Å²) in [5, 5.41) is 4.92. The third kappa shape index (κ3) is 3.83. The van der Waals surface area contributed by atoms with Crippen LogP contribution in [0.2, 0.25) is 0 Å². The maximum Gasteiger partial charge on any atom is 0.258 e. The van der Waals surface area contributed by atoms with E-state index in [0.717, 1.165) is 27.3 Å². The van der Waals surface area contributed by atoms with Crippen molar-refractivity contribution in [2.45, 2.75) is 19.9 Å². The number of hydrogen-bond acceptors (Lipinski definition) is 3. The first-order chi connectivity index (χ1) is 15.6. The van der Waals surface area contributed by atoms with Gasteiger partial charge in [-0.15, -0.1) is 11.3 Å². The van der Waals surface area contributed by atoms with Crippen LogP contribution >= 0.6 is 11.3 Å². The van der Waals surface area contributed by atoms with E-state index in [2.05, 4.69) is 23.5 Å². The van der Waals surface area contributed by atoms with E-state index in [1.807, 2.05) is 53.6 Å². The summed E-state index contributed by atoms with van der Waals surface area (Å²) in [5.41, 5.74) is 6.69. The van der Waals surface area contributed by atoms with Crippen LogP contribution < -0.4 is 10.2 Å². The van der Waals surface area contributed by atoms with Gasteiger partial charge in [-0.2, -0.15) is 0 Å². The van der Waals surface area contributed by atoms with Gasteiger partial charge in [-0.1, -0.05) is 42.5 Å². The number of nitrogens with zero attached hydrogens (tertiary/aromatic N) is 1. The Labute approximate surface area is 191 Å². The normalized spacial score (nSPS) is 12.1. The molecule has 0 saturated heterocycles. The lowest BCUT2D eigenvalue weighted by Crippen LogP contribution is -2.33. The van der Waals surface area contributed by atoms with Crippen molar-refractivity contribution >= 4 is 34.5 Å². The van der Waals surface area contributed by atoms with Gasteiger partial charge in [-0.05, 0) is 65.4 Å². The van der Waals surface area contributed by atoms with Crippen LogP contribution in [0.3, 0.4) is 0 Å². The third-order valence-electron chi connectivity index (χ3n) is 5.78. The minimum atomic E-state index is -0.0591. The summed E-state index contributed by atoms with van der Waals surface area (Å²) >= 11 is 1.59. The van der Waals surface area contributed by atoms with Crippen molar-refractivity contribution in [1.29, 1.82) is 0 Å². The summed E-state index contributed by atoms with van der Waals surface area (Å²) in [6.45, 7) is 2.54. The number of benzene rings is 3. The number of rotatable bonds is 4. The van der Waals surface area contributed by atoms with E-state index in [1.165, 1.54) is 5.56 Å². The Morgan fingerprint density at radius 3 is 2.38 bits per heavy atom. The highest BCUT2D eigenvalue weighted by Crippen LogP contribution is 2.39. The van der Waals surface area contributed by atoms with Crippen molar-refractivity contribution in [1.82, 2.24) is 0 Å². The molecule has 4 aromatic rings. The SMILES string of the molecule is Cc1ccsc1CC(=O)Nc1ccc(C(=O)N2Cc3ccccc3-c3ccccc32)cc1. The first-order valence-electron chi connectivity index (χ1n) is 10.5. The van der Waals surface area contributed by atoms with Gasteiger partial charge in [0.1, 0.15) is 0 Å². The molecule has 0 unspecified atom stereocenters. The van der Waals surface area contributed by atoms with E-state index in [1.54, 1.807) is 35.6 Å². The van der Waals surface area contributed by atoms with Crippen molar-refractivity contribution < 1.29 is 9.59 Å². The monoisotopic (exact) mass is 438 g/mol. The number of para-hydroxylation sites is 1. The molecule has 0 radical (unpaired) electrons. The Kier molecular flexibility index (Phi) is 5.33. The smallest absolute Gasteiger partial charge is 0.258 e. The van der Waals surface area contributed by atoms with E-state index >= 15 is 0 Å². The number of thiophene rings is 1. The molecular formula is C27H22N2O2S. The number of carbonyl (C=O) groups is 2. The highest BCUT2D eigenvalue weighted by molar-refractivity contribution is 7.10. The first kappa shape index (κ1) is 20.2. The maximum absolute atomic E-state index is 13.4. The standard InChI is InChI=1S/C27H22N2O2S/c1-18-14-15-32-25(18)16-26(30)28-21-12-10-19(11-13-21)27(31)29-17-20-6-2-3-7-22(20)23-8-4-5-9-24(23)29/h2-15H,16-17H2,1H3,(H,28,30). The maximum atomic E-state index is 13.4.